The number of carbonyl (C=O) groups excluding carboxylic acids is 2. The van der Waals surface area contributed by atoms with Gasteiger partial charge < -0.3 is 9.47 Å². The molecule has 1 aromatic rings. The van der Waals surface area contributed by atoms with Gasteiger partial charge in [-0.05, 0) is 95.2 Å². The van der Waals surface area contributed by atoms with Crippen LogP contribution in [0.4, 0.5) is 0 Å². The first-order valence-corrected chi connectivity index (χ1v) is 28.5. The summed E-state index contributed by atoms with van der Waals surface area (Å²) in [5.41, 5.74) is -0.292. The smallest absolute Gasteiger partial charge is 0.339 e. The Morgan fingerprint density at radius 3 is 0.969 bits per heavy atom. The summed E-state index contributed by atoms with van der Waals surface area (Å²) in [6.07, 6.45) is 59.8. The molecule has 0 heterocycles. The van der Waals surface area contributed by atoms with Crippen molar-refractivity contribution >= 4 is 22.1 Å². The van der Waals surface area contributed by atoms with Crippen molar-refractivity contribution in [1.82, 2.24) is 0 Å². The summed E-state index contributed by atoms with van der Waals surface area (Å²) in [5, 5.41) is 0. The SMILES string of the molecule is CCCCCCCCCCCCCCCCC/C=C/CCCCCOC(=O)c1ccc(S(=O)(=O)O)cc1C(=O)OCCCCC/C=C/CCCCCCCCCCCCCCCCC. The van der Waals surface area contributed by atoms with Gasteiger partial charge in [-0.3, -0.25) is 4.55 Å². The number of carbonyl (C=O) groups is 2. The monoisotopic (exact) mass is 915 g/mol. The fourth-order valence-electron chi connectivity index (χ4n) is 8.34. The van der Waals surface area contributed by atoms with Crippen LogP contribution in [0.3, 0.4) is 0 Å². The summed E-state index contributed by atoms with van der Waals surface area (Å²) in [6.45, 7) is 4.91. The van der Waals surface area contributed by atoms with Crippen molar-refractivity contribution in [3.63, 3.8) is 0 Å². The normalized spacial score (nSPS) is 11.9. The Morgan fingerprint density at radius 1 is 0.406 bits per heavy atom. The minimum atomic E-state index is -4.58. The summed E-state index contributed by atoms with van der Waals surface area (Å²) >= 11 is 0. The van der Waals surface area contributed by atoms with E-state index in [0.29, 0.717) is 12.8 Å². The highest BCUT2D eigenvalue weighted by Gasteiger charge is 2.23. The van der Waals surface area contributed by atoms with Crippen LogP contribution in [-0.2, 0) is 19.6 Å². The van der Waals surface area contributed by atoms with E-state index in [-0.39, 0.29) is 24.3 Å². The van der Waals surface area contributed by atoms with E-state index in [1.54, 1.807) is 0 Å². The maximum atomic E-state index is 13.0. The molecule has 0 saturated heterocycles. The molecular formula is C56H98O7S. The molecule has 0 radical (unpaired) electrons. The standard InChI is InChI=1S/C56H98O7S/c1-3-5-7-9-11-13-15-17-19-21-23-25-27-29-31-33-35-37-39-41-43-45-49-62-55(57)53-48-47-52(64(59,60)61)51-54(53)56(58)63-50-46-44-42-40-38-36-34-32-30-28-26-24-22-20-18-16-14-12-10-8-6-4-2/h35-38,47-48,51H,3-34,39-46,49-50H2,1-2H3,(H,59,60,61)/b37-35+,38-36+. The van der Waals surface area contributed by atoms with Crippen LogP contribution in [0.15, 0.2) is 47.4 Å². The van der Waals surface area contributed by atoms with Crippen LogP contribution < -0.4 is 0 Å². The van der Waals surface area contributed by atoms with Crippen molar-refractivity contribution in [2.45, 2.75) is 276 Å². The Kier molecular flexibility index (Phi) is 41.3. The van der Waals surface area contributed by atoms with E-state index in [9.17, 15) is 22.6 Å². The largest absolute Gasteiger partial charge is 0.462 e. The van der Waals surface area contributed by atoms with Crippen LogP contribution in [0.2, 0.25) is 0 Å². The molecule has 0 saturated carbocycles. The number of ether oxygens (including phenoxy) is 2. The number of benzene rings is 1. The minimum Gasteiger partial charge on any atom is -0.462 e. The maximum Gasteiger partial charge on any atom is 0.339 e. The van der Waals surface area contributed by atoms with Crippen molar-refractivity contribution in [1.29, 1.82) is 0 Å². The van der Waals surface area contributed by atoms with Gasteiger partial charge in [-0.2, -0.15) is 8.42 Å². The predicted molar refractivity (Wildman–Crippen MR) is 271 cm³/mol. The zero-order valence-electron chi connectivity index (χ0n) is 41.5. The van der Waals surface area contributed by atoms with Gasteiger partial charge >= 0.3 is 11.9 Å². The average Bonchev–Trinajstić information content (AvgIpc) is 3.28. The van der Waals surface area contributed by atoms with Crippen LogP contribution in [0, 0.1) is 0 Å². The van der Waals surface area contributed by atoms with Gasteiger partial charge in [0, 0.05) is 0 Å². The highest BCUT2D eigenvalue weighted by molar-refractivity contribution is 7.85. The molecule has 1 rings (SSSR count). The Labute approximate surface area is 394 Å². The fourth-order valence-corrected chi connectivity index (χ4v) is 8.84. The Bertz CT molecular complexity index is 1400. The molecular weight excluding hydrogens is 817 g/mol. The quantitative estimate of drug-likeness (QED) is 0.0300. The van der Waals surface area contributed by atoms with Gasteiger partial charge in [0.2, 0.25) is 0 Å². The summed E-state index contributed by atoms with van der Waals surface area (Å²) in [4.78, 5) is 25.5. The zero-order valence-corrected chi connectivity index (χ0v) is 42.4. The molecule has 0 aliphatic rings. The van der Waals surface area contributed by atoms with Crippen molar-refractivity contribution in [2.75, 3.05) is 13.2 Å². The van der Waals surface area contributed by atoms with Crippen molar-refractivity contribution in [3.05, 3.63) is 53.6 Å². The molecule has 0 bridgehead atoms. The van der Waals surface area contributed by atoms with E-state index in [2.05, 4.69) is 38.2 Å². The summed E-state index contributed by atoms with van der Waals surface area (Å²) in [7, 11) is -4.58. The van der Waals surface area contributed by atoms with Crippen LogP contribution in [-0.4, -0.2) is 38.1 Å². The van der Waals surface area contributed by atoms with Gasteiger partial charge in [-0.15, -0.1) is 0 Å². The molecule has 0 aliphatic heterocycles. The first-order valence-electron chi connectivity index (χ1n) is 27.1. The minimum absolute atomic E-state index is 0.0710. The second-order valence-electron chi connectivity index (χ2n) is 18.6. The number of rotatable bonds is 47. The highest BCUT2D eigenvalue weighted by atomic mass is 32.2. The Hall–Kier alpha value is -2.45. The van der Waals surface area contributed by atoms with Gasteiger partial charge in [0.1, 0.15) is 0 Å². The highest BCUT2D eigenvalue weighted by Crippen LogP contribution is 2.20. The van der Waals surface area contributed by atoms with E-state index in [4.69, 9.17) is 9.47 Å². The lowest BCUT2D eigenvalue weighted by atomic mass is 10.0. The fraction of sp³-hybridized carbons (Fsp3) is 0.786. The lowest BCUT2D eigenvalue weighted by molar-refractivity contribution is 0.0450. The van der Waals surface area contributed by atoms with Gasteiger partial charge in [0.15, 0.2) is 0 Å². The number of hydrogen-bond acceptors (Lipinski definition) is 6. The van der Waals surface area contributed by atoms with Gasteiger partial charge in [-0.1, -0.05) is 218 Å². The zero-order chi connectivity index (χ0) is 46.4. The van der Waals surface area contributed by atoms with Gasteiger partial charge in [-0.25, -0.2) is 9.59 Å². The summed E-state index contributed by atoms with van der Waals surface area (Å²) in [5.74, 6) is -1.52. The third-order valence-corrected chi connectivity index (χ3v) is 13.4. The van der Waals surface area contributed by atoms with Crippen LogP contribution in [0.25, 0.3) is 0 Å². The maximum absolute atomic E-state index is 13.0. The molecule has 370 valence electrons. The van der Waals surface area contributed by atoms with Gasteiger partial charge in [0.25, 0.3) is 10.1 Å². The molecule has 0 aliphatic carbocycles. The molecule has 0 spiro atoms. The van der Waals surface area contributed by atoms with Crippen LogP contribution >= 0.6 is 0 Å². The second-order valence-corrected chi connectivity index (χ2v) is 20.0. The Balaban J connectivity index is 2.13. The Morgan fingerprint density at radius 2 is 0.672 bits per heavy atom. The summed E-state index contributed by atoms with van der Waals surface area (Å²) < 4.78 is 44.1. The van der Waals surface area contributed by atoms with E-state index in [1.807, 2.05) is 0 Å². The van der Waals surface area contributed by atoms with Crippen molar-refractivity contribution < 1.29 is 32.0 Å². The molecule has 0 aromatic heterocycles. The molecule has 0 amide bonds. The molecule has 7 nitrogen and oxygen atoms in total. The van der Waals surface area contributed by atoms with E-state index < -0.39 is 27.0 Å². The molecule has 64 heavy (non-hydrogen) atoms. The van der Waals surface area contributed by atoms with Crippen LogP contribution in [0.5, 0.6) is 0 Å². The first-order chi connectivity index (χ1) is 31.3. The summed E-state index contributed by atoms with van der Waals surface area (Å²) in [6, 6.07) is 3.29. The molecule has 1 N–H and O–H groups in total. The number of allylic oxidation sites excluding steroid dienone is 4. The average molecular weight is 915 g/mol. The lowest BCUT2D eigenvalue weighted by Crippen LogP contribution is -2.16. The number of hydrogen-bond donors (Lipinski definition) is 1. The molecule has 1 aromatic carbocycles. The topological polar surface area (TPSA) is 107 Å². The van der Waals surface area contributed by atoms with Gasteiger partial charge in [0.05, 0.1) is 29.2 Å². The molecule has 0 unspecified atom stereocenters. The molecule has 0 fully saturated rings. The van der Waals surface area contributed by atoms with Crippen LogP contribution in [0.1, 0.15) is 291 Å². The van der Waals surface area contributed by atoms with Crippen molar-refractivity contribution in [3.8, 4) is 0 Å². The predicted octanol–water partition coefficient (Wildman–Crippen LogP) is 18.0. The van der Waals surface area contributed by atoms with E-state index >= 15 is 0 Å². The third-order valence-electron chi connectivity index (χ3n) is 12.5. The first kappa shape index (κ1) is 59.6. The molecule has 0 atom stereocenters. The van der Waals surface area contributed by atoms with E-state index in [0.717, 1.165) is 63.5 Å². The lowest BCUT2D eigenvalue weighted by Gasteiger charge is -2.11. The number of esters is 2. The number of unbranched alkanes of at least 4 members (excludes halogenated alkanes) is 36. The van der Waals surface area contributed by atoms with Crippen molar-refractivity contribution in [2.24, 2.45) is 0 Å². The third kappa shape index (κ3) is 36.7. The second kappa shape index (κ2) is 44.4. The van der Waals surface area contributed by atoms with E-state index in [1.165, 1.54) is 199 Å². The molecule has 8 heteroatoms.